The number of nitrogens with one attached hydrogen (secondary N) is 1. The van der Waals surface area contributed by atoms with Crippen LogP contribution in [0.3, 0.4) is 0 Å². The molecule has 7 nitrogen and oxygen atoms in total. The molecule has 1 saturated heterocycles. The number of likely N-dealkylation sites (tertiary alicyclic amines) is 1. The number of ether oxygens (including phenoxy) is 1. The highest BCUT2D eigenvalue weighted by atomic mass is 16.5. The van der Waals surface area contributed by atoms with Crippen LogP contribution in [0.5, 0.6) is 5.75 Å². The standard InChI is InChI=1S/C19H20N2O5/c1-11-8-12(19(25)26-2)5-6-13(11)15-4-3-7-21(15)18(24)14-10-20-17(23)9-16(14)22/h5-6,8-10,15H,3-4,7H2,1-2H3,(H2,20,22,23)/t15-/m1/s1. The molecular formula is C19H20N2O5. The molecular weight excluding hydrogens is 336 g/mol. The lowest BCUT2D eigenvalue weighted by Gasteiger charge is -2.26. The van der Waals surface area contributed by atoms with E-state index in [0.29, 0.717) is 12.1 Å². The Kier molecular flexibility index (Phi) is 4.79. The van der Waals surface area contributed by atoms with Crippen LogP contribution >= 0.6 is 0 Å². The van der Waals surface area contributed by atoms with E-state index in [4.69, 9.17) is 4.74 Å². The zero-order valence-electron chi connectivity index (χ0n) is 14.6. The first kappa shape index (κ1) is 17.7. The van der Waals surface area contributed by atoms with Crippen molar-refractivity contribution >= 4 is 11.9 Å². The second-order valence-corrected chi connectivity index (χ2v) is 6.32. The van der Waals surface area contributed by atoms with Crippen molar-refractivity contribution in [3.63, 3.8) is 0 Å². The molecule has 0 aliphatic carbocycles. The largest absolute Gasteiger partial charge is 0.507 e. The molecule has 1 aromatic heterocycles. The van der Waals surface area contributed by atoms with Crippen molar-refractivity contribution < 1.29 is 19.4 Å². The van der Waals surface area contributed by atoms with Crippen LogP contribution in [0, 0.1) is 6.92 Å². The number of methoxy groups -OCH3 is 1. The Labute approximate surface area is 150 Å². The van der Waals surface area contributed by atoms with Gasteiger partial charge >= 0.3 is 5.97 Å². The van der Waals surface area contributed by atoms with Crippen molar-refractivity contribution in [1.82, 2.24) is 9.88 Å². The number of nitrogens with zero attached hydrogens (tertiary/aromatic N) is 1. The van der Waals surface area contributed by atoms with E-state index >= 15 is 0 Å². The molecule has 1 fully saturated rings. The lowest BCUT2D eigenvalue weighted by atomic mass is 9.97. The first-order valence-corrected chi connectivity index (χ1v) is 8.34. The van der Waals surface area contributed by atoms with E-state index in [2.05, 4.69) is 4.98 Å². The smallest absolute Gasteiger partial charge is 0.337 e. The van der Waals surface area contributed by atoms with Gasteiger partial charge in [0.1, 0.15) is 5.75 Å². The van der Waals surface area contributed by atoms with Gasteiger partial charge in [0.05, 0.1) is 24.3 Å². The highest BCUT2D eigenvalue weighted by Crippen LogP contribution is 2.35. The summed E-state index contributed by atoms with van der Waals surface area (Å²) in [7, 11) is 1.33. The summed E-state index contributed by atoms with van der Waals surface area (Å²) in [5, 5.41) is 9.94. The average Bonchev–Trinajstić information content (AvgIpc) is 3.09. The second kappa shape index (κ2) is 7.03. The molecule has 0 saturated carbocycles. The van der Waals surface area contributed by atoms with E-state index in [0.717, 1.165) is 30.0 Å². The number of benzene rings is 1. The maximum Gasteiger partial charge on any atom is 0.337 e. The van der Waals surface area contributed by atoms with E-state index in [1.165, 1.54) is 13.3 Å². The third kappa shape index (κ3) is 3.20. The van der Waals surface area contributed by atoms with Crippen LogP contribution in [-0.4, -0.2) is 40.5 Å². The Bertz CT molecular complexity index is 918. The van der Waals surface area contributed by atoms with E-state index in [9.17, 15) is 19.5 Å². The van der Waals surface area contributed by atoms with Crippen molar-refractivity contribution in [2.75, 3.05) is 13.7 Å². The minimum Gasteiger partial charge on any atom is -0.507 e. The summed E-state index contributed by atoms with van der Waals surface area (Å²) in [5.41, 5.74) is 1.91. The van der Waals surface area contributed by atoms with Gasteiger partial charge < -0.3 is 19.7 Å². The van der Waals surface area contributed by atoms with Gasteiger partial charge in [0.25, 0.3) is 11.5 Å². The lowest BCUT2D eigenvalue weighted by molar-refractivity contribution is 0.0599. The Morgan fingerprint density at radius 2 is 2.08 bits per heavy atom. The highest BCUT2D eigenvalue weighted by Gasteiger charge is 2.32. The summed E-state index contributed by atoms with van der Waals surface area (Å²) in [6.45, 7) is 2.44. The van der Waals surface area contributed by atoms with Crippen LogP contribution in [0.4, 0.5) is 0 Å². The first-order chi connectivity index (χ1) is 12.4. The maximum atomic E-state index is 12.9. The third-order valence-corrected chi connectivity index (χ3v) is 4.70. The molecule has 0 radical (unpaired) electrons. The maximum absolute atomic E-state index is 12.9. The zero-order chi connectivity index (χ0) is 18.8. The summed E-state index contributed by atoms with van der Waals surface area (Å²) in [4.78, 5) is 39.9. The van der Waals surface area contributed by atoms with Crippen LogP contribution in [0.15, 0.2) is 35.3 Å². The third-order valence-electron chi connectivity index (χ3n) is 4.70. The molecule has 0 spiro atoms. The van der Waals surface area contributed by atoms with Gasteiger partial charge in [-0.1, -0.05) is 6.07 Å². The highest BCUT2D eigenvalue weighted by molar-refractivity contribution is 5.97. The number of rotatable bonds is 3. The molecule has 7 heteroatoms. The number of carbonyl (C=O) groups is 2. The minimum atomic E-state index is -0.466. The molecule has 3 rings (SSSR count). The van der Waals surface area contributed by atoms with E-state index < -0.39 is 11.5 Å². The Hall–Kier alpha value is -3.09. The quantitative estimate of drug-likeness (QED) is 0.821. The van der Waals surface area contributed by atoms with Crippen LogP contribution in [0.2, 0.25) is 0 Å². The lowest BCUT2D eigenvalue weighted by Crippen LogP contribution is -2.31. The number of hydrogen-bond acceptors (Lipinski definition) is 5. The topological polar surface area (TPSA) is 99.7 Å². The van der Waals surface area contributed by atoms with Crippen LogP contribution < -0.4 is 5.56 Å². The molecule has 2 N–H and O–H groups in total. The van der Waals surface area contributed by atoms with E-state index in [1.807, 2.05) is 13.0 Å². The molecule has 1 amide bonds. The summed E-state index contributed by atoms with van der Waals surface area (Å²) < 4.78 is 4.74. The fraction of sp³-hybridized carbons (Fsp3) is 0.316. The number of aromatic hydroxyl groups is 1. The SMILES string of the molecule is COC(=O)c1ccc([C@H]2CCCN2C(=O)c2c[nH]c(=O)cc2O)c(C)c1. The molecule has 2 heterocycles. The summed E-state index contributed by atoms with van der Waals surface area (Å²) in [6.07, 6.45) is 2.86. The van der Waals surface area contributed by atoms with Crippen molar-refractivity contribution in [3.8, 4) is 5.75 Å². The van der Waals surface area contributed by atoms with E-state index in [-0.39, 0.29) is 23.3 Å². The van der Waals surface area contributed by atoms with Gasteiger partial charge in [-0.2, -0.15) is 0 Å². The number of esters is 1. The molecule has 1 atom stereocenters. The number of aryl methyl sites for hydroxylation is 1. The fourth-order valence-corrected chi connectivity index (χ4v) is 3.41. The Morgan fingerprint density at radius 1 is 1.31 bits per heavy atom. The number of amides is 1. The molecule has 1 aliphatic heterocycles. The number of carbonyl (C=O) groups excluding carboxylic acids is 2. The molecule has 1 aromatic carbocycles. The molecule has 0 unspecified atom stereocenters. The monoisotopic (exact) mass is 356 g/mol. The van der Waals surface area contributed by atoms with Crippen LogP contribution in [-0.2, 0) is 4.74 Å². The van der Waals surface area contributed by atoms with Gasteiger partial charge in [-0.3, -0.25) is 9.59 Å². The number of aromatic amines is 1. The van der Waals surface area contributed by atoms with Crippen molar-refractivity contribution in [2.45, 2.75) is 25.8 Å². The predicted molar refractivity (Wildman–Crippen MR) is 94.3 cm³/mol. The van der Waals surface area contributed by atoms with Crippen molar-refractivity contribution in [1.29, 1.82) is 0 Å². The van der Waals surface area contributed by atoms with Gasteiger partial charge in [0.15, 0.2) is 0 Å². The Balaban J connectivity index is 1.92. The average molecular weight is 356 g/mol. The summed E-state index contributed by atoms with van der Waals surface area (Å²) in [5.74, 6) is -1.07. The van der Waals surface area contributed by atoms with Gasteiger partial charge in [-0.05, 0) is 43.0 Å². The second-order valence-electron chi connectivity index (χ2n) is 6.32. The minimum absolute atomic E-state index is 0.0698. The molecule has 1 aliphatic rings. The van der Waals surface area contributed by atoms with Gasteiger partial charge in [-0.25, -0.2) is 4.79 Å². The Morgan fingerprint density at radius 3 is 2.73 bits per heavy atom. The summed E-state index contributed by atoms with van der Waals surface area (Å²) in [6, 6.07) is 6.12. The van der Waals surface area contributed by atoms with Crippen LogP contribution in [0.25, 0.3) is 0 Å². The molecule has 2 aromatic rings. The van der Waals surface area contributed by atoms with Gasteiger partial charge in [0, 0.05) is 18.8 Å². The zero-order valence-corrected chi connectivity index (χ0v) is 14.6. The predicted octanol–water partition coefficient (Wildman–Crippen LogP) is 2.15. The van der Waals surface area contributed by atoms with E-state index in [1.54, 1.807) is 17.0 Å². The van der Waals surface area contributed by atoms with Crippen LogP contribution in [0.1, 0.15) is 50.7 Å². The number of aromatic nitrogens is 1. The molecule has 26 heavy (non-hydrogen) atoms. The van der Waals surface area contributed by atoms with Crippen molar-refractivity contribution in [3.05, 3.63) is 63.1 Å². The van der Waals surface area contributed by atoms with Crippen molar-refractivity contribution in [2.24, 2.45) is 0 Å². The number of pyridine rings is 1. The number of H-pyrrole nitrogens is 1. The normalized spacial score (nSPS) is 16.5. The van der Waals surface area contributed by atoms with Gasteiger partial charge in [0.2, 0.25) is 0 Å². The molecule has 136 valence electrons. The van der Waals surface area contributed by atoms with Gasteiger partial charge in [-0.15, -0.1) is 0 Å². The summed E-state index contributed by atoms with van der Waals surface area (Å²) >= 11 is 0. The molecule has 0 bridgehead atoms. The fourth-order valence-electron chi connectivity index (χ4n) is 3.41. The first-order valence-electron chi connectivity index (χ1n) is 8.34. The number of hydrogen-bond donors (Lipinski definition) is 2.